The molecule has 1 rings (SSSR count). The molecule has 0 spiro atoms. The fourth-order valence-corrected chi connectivity index (χ4v) is 2.26. The van der Waals surface area contributed by atoms with Crippen LogP contribution in [0.15, 0.2) is 0 Å². The van der Waals surface area contributed by atoms with Gasteiger partial charge in [0.1, 0.15) is 0 Å². The zero-order valence-corrected chi connectivity index (χ0v) is 12.0. The Kier molecular flexibility index (Phi) is 5.90. The number of hydrogen-bond acceptors (Lipinski definition) is 3. The van der Waals surface area contributed by atoms with Crippen molar-refractivity contribution in [3.63, 3.8) is 0 Å². The molecule has 0 aromatic carbocycles. The van der Waals surface area contributed by atoms with E-state index in [-0.39, 0.29) is 0 Å². The molecule has 0 aliphatic carbocycles. The van der Waals surface area contributed by atoms with Crippen LogP contribution in [0.3, 0.4) is 0 Å². The molecule has 0 aromatic rings. The lowest BCUT2D eigenvalue weighted by Gasteiger charge is -2.32. The van der Waals surface area contributed by atoms with Crippen molar-refractivity contribution in [2.75, 3.05) is 26.7 Å². The minimum absolute atomic E-state index is 0.548. The Morgan fingerprint density at radius 3 is 2.47 bits per heavy atom. The first kappa shape index (κ1) is 14.9. The van der Waals surface area contributed by atoms with Crippen molar-refractivity contribution in [2.24, 2.45) is 5.92 Å². The second-order valence-electron chi connectivity index (χ2n) is 6.39. The summed E-state index contributed by atoms with van der Waals surface area (Å²) in [5.41, 5.74) is -0.548. The molecule has 0 bridgehead atoms. The zero-order chi connectivity index (χ0) is 12.9. The van der Waals surface area contributed by atoms with Crippen LogP contribution in [0.25, 0.3) is 0 Å². The van der Waals surface area contributed by atoms with Gasteiger partial charge in [0.15, 0.2) is 0 Å². The molecule has 1 aliphatic rings. The molecule has 3 heteroatoms. The summed E-state index contributed by atoms with van der Waals surface area (Å²) in [7, 11) is 2.18. The first-order valence-electron chi connectivity index (χ1n) is 7.03. The molecule has 1 fully saturated rings. The van der Waals surface area contributed by atoms with Gasteiger partial charge < -0.3 is 15.3 Å². The predicted molar refractivity (Wildman–Crippen MR) is 73.2 cm³/mol. The van der Waals surface area contributed by atoms with Crippen LogP contribution >= 0.6 is 0 Å². The molecule has 0 aromatic heterocycles. The van der Waals surface area contributed by atoms with Crippen molar-refractivity contribution in [1.29, 1.82) is 0 Å². The van der Waals surface area contributed by atoms with E-state index in [0.29, 0.717) is 12.0 Å². The lowest BCUT2D eigenvalue weighted by atomic mass is 9.94. The van der Waals surface area contributed by atoms with E-state index in [9.17, 15) is 5.11 Å². The van der Waals surface area contributed by atoms with Crippen molar-refractivity contribution in [3.8, 4) is 0 Å². The summed E-state index contributed by atoms with van der Waals surface area (Å²) in [4.78, 5) is 2.37. The largest absolute Gasteiger partial charge is 0.389 e. The van der Waals surface area contributed by atoms with Gasteiger partial charge in [0.25, 0.3) is 0 Å². The van der Waals surface area contributed by atoms with Crippen LogP contribution in [0.2, 0.25) is 0 Å². The van der Waals surface area contributed by atoms with E-state index >= 15 is 0 Å². The molecule has 1 atom stereocenters. The fraction of sp³-hybridized carbons (Fsp3) is 1.00. The first-order chi connectivity index (χ1) is 7.89. The van der Waals surface area contributed by atoms with E-state index in [4.69, 9.17) is 0 Å². The second-order valence-corrected chi connectivity index (χ2v) is 6.39. The molecule has 0 amide bonds. The third-order valence-electron chi connectivity index (χ3n) is 3.75. The van der Waals surface area contributed by atoms with Gasteiger partial charge in [0, 0.05) is 12.6 Å². The van der Waals surface area contributed by atoms with E-state index < -0.39 is 5.60 Å². The number of nitrogens with one attached hydrogen (secondary N) is 1. The highest BCUT2D eigenvalue weighted by Gasteiger charge is 2.23. The standard InChI is InChI=1S/C14H30N2O/c1-12(2)5-8-14(3,17)11-15-13-6-9-16(4)10-7-13/h12-13,15,17H,5-11H2,1-4H3. The lowest BCUT2D eigenvalue weighted by molar-refractivity contribution is 0.0400. The smallest absolute Gasteiger partial charge is 0.0743 e. The number of rotatable bonds is 6. The maximum atomic E-state index is 10.3. The fourth-order valence-electron chi connectivity index (χ4n) is 2.26. The van der Waals surface area contributed by atoms with Crippen molar-refractivity contribution >= 4 is 0 Å². The van der Waals surface area contributed by atoms with Crippen LogP contribution in [0.4, 0.5) is 0 Å². The van der Waals surface area contributed by atoms with Gasteiger partial charge in [-0.15, -0.1) is 0 Å². The van der Waals surface area contributed by atoms with Crippen LogP contribution in [-0.4, -0.2) is 48.3 Å². The lowest BCUT2D eigenvalue weighted by Crippen LogP contribution is -2.46. The summed E-state index contributed by atoms with van der Waals surface area (Å²) in [5, 5.41) is 13.8. The Labute approximate surface area is 107 Å². The summed E-state index contributed by atoms with van der Waals surface area (Å²) in [6.45, 7) is 9.45. The maximum absolute atomic E-state index is 10.3. The average Bonchev–Trinajstić information content (AvgIpc) is 2.26. The van der Waals surface area contributed by atoms with E-state index in [1.54, 1.807) is 0 Å². The van der Waals surface area contributed by atoms with Gasteiger partial charge in [-0.05, 0) is 58.7 Å². The summed E-state index contributed by atoms with van der Waals surface area (Å²) in [6.07, 6.45) is 4.40. The third-order valence-corrected chi connectivity index (χ3v) is 3.75. The average molecular weight is 242 g/mol. The Morgan fingerprint density at radius 2 is 1.94 bits per heavy atom. The highest BCUT2D eigenvalue weighted by atomic mass is 16.3. The molecule has 0 radical (unpaired) electrons. The van der Waals surface area contributed by atoms with Crippen LogP contribution in [0.5, 0.6) is 0 Å². The molecular formula is C14H30N2O. The van der Waals surface area contributed by atoms with Gasteiger partial charge in [0.2, 0.25) is 0 Å². The van der Waals surface area contributed by atoms with Crippen LogP contribution in [0, 0.1) is 5.92 Å². The Balaban J connectivity index is 2.19. The summed E-state index contributed by atoms with van der Waals surface area (Å²) >= 11 is 0. The van der Waals surface area contributed by atoms with Gasteiger partial charge in [-0.3, -0.25) is 0 Å². The molecule has 1 unspecified atom stereocenters. The van der Waals surface area contributed by atoms with Crippen LogP contribution in [-0.2, 0) is 0 Å². The highest BCUT2D eigenvalue weighted by Crippen LogP contribution is 2.16. The highest BCUT2D eigenvalue weighted by molar-refractivity contribution is 4.81. The third kappa shape index (κ3) is 6.39. The van der Waals surface area contributed by atoms with Crippen LogP contribution < -0.4 is 5.32 Å². The Bertz CT molecular complexity index is 208. The number of hydrogen-bond donors (Lipinski definition) is 2. The molecule has 1 aliphatic heterocycles. The molecule has 3 nitrogen and oxygen atoms in total. The van der Waals surface area contributed by atoms with Crippen molar-refractivity contribution < 1.29 is 5.11 Å². The van der Waals surface area contributed by atoms with Gasteiger partial charge in [-0.25, -0.2) is 0 Å². The molecule has 0 saturated carbocycles. The second kappa shape index (κ2) is 6.72. The van der Waals surface area contributed by atoms with E-state index in [1.807, 2.05) is 6.92 Å². The quantitative estimate of drug-likeness (QED) is 0.746. The minimum Gasteiger partial charge on any atom is -0.389 e. The minimum atomic E-state index is -0.548. The Hall–Kier alpha value is -0.120. The number of likely N-dealkylation sites (tertiary alicyclic amines) is 1. The first-order valence-corrected chi connectivity index (χ1v) is 7.03. The number of aliphatic hydroxyl groups is 1. The molecular weight excluding hydrogens is 212 g/mol. The molecule has 1 saturated heterocycles. The van der Waals surface area contributed by atoms with Crippen LogP contribution in [0.1, 0.15) is 46.5 Å². The van der Waals surface area contributed by atoms with E-state index in [2.05, 4.69) is 31.1 Å². The zero-order valence-electron chi connectivity index (χ0n) is 12.0. The maximum Gasteiger partial charge on any atom is 0.0743 e. The number of nitrogens with zero attached hydrogens (tertiary/aromatic N) is 1. The van der Waals surface area contributed by atoms with Crippen molar-refractivity contribution in [3.05, 3.63) is 0 Å². The van der Waals surface area contributed by atoms with E-state index in [1.165, 1.54) is 25.9 Å². The molecule has 102 valence electrons. The summed E-state index contributed by atoms with van der Waals surface area (Å²) in [5.74, 6) is 0.671. The van der Waals surface area contributed by atoms with Gasteiger partial charge in [-0.2, -0.15) is 0 Å². The predicted octanol–water partition coefficient (Wildman–Crippen LogP) is 1.86. The topological polar surface area (TPSA) is 35.5 Å². The molecule has 2 N–H and O–H groups in total. The monoisotopic (exact) mass is 242 g/mol. The van der Waals surface area contributed by atoms with Gasteiger partial charge >= 0.3 is 0 Å². The molecule has 1 heterocycles. The molecule has 17 heavy (non-hydrogen) atoms. The Morgan fingerprint density at radius 1 is 1.35 bits per heavy atom. The van der Waals surface area contributed by atoms with Gasteiger partial charge in [-0.1, -0.05) is 13.8 Å². The van der Waals surface area contributed by atoms with Gasteiger partial charge in [0.05, 0.1) is 5.60 Å². The summed E-state index contributed by atoms with van der Waals surface area (Å²) < 4.78 is 0. The normalized spacial score (nSPS) is 22.9. The number of piperidine rings is 1. The van der Waals surface area contributed by atoms with E-state index in [0.717, 1.165) is 19.4 Å². The van der Waals surface area contributed by atoms with Crippen molar-refractivity contribution in [2.45, 2.75) is 58.1 Å². The SMILES string of the molecule is CC(C)CCC(C)(O)CNC1CCN(C)CC1. The van der Waals surface area contributed by atoms with Crippen molar-refractivity contribution in [1.82, 2.24) is 10.2 Å². The summed E-state index contributed by atoms with van der Waals surface area (Å²) in [6, 6.07) is 0.594.